The monoisotopic (exact) mass is 379 g/mol. The fourth-order valence-electron chi connectivity index (χ4n) is 3.90. The molecule has 4 rings (SSSR count). The van der Waals surface area contributed by atoms with Crippen molar-refractivity contribution in [2.24, 2.45) is 5.92 Å². The van der Waals surface area contributed by atoms with Crippen LogP contribution in [0.4, 0.5) is 4.79 Å². The first-order valence-electron chi connectivity index (χ1n) is 9.75. The second-order valence-electron chi connectivity index (χ2n) is 7.28. The van der Waals surface area contributed by atoms with E-state index in [9.17, 15) is 9.90 Å². The predicted molar refractivity (Wildman–Crippen MR) is 107 cm³/mol. The highest BCUT2D eigenvalue weighted by Gasteiger charge is 2.26. The third-order valence-electron chi connectivity index (χ3n) is 5.30. The van der Waals surface area contributed by atoms with Crippen molar-refractivity contribution in [2.75, 3.05) is 13.1 Å². The molecule has 2 heterocycles. The van der Waals surface area contributed by atoms with Crippen molar-refractivity contribution in [1.82, 2.24) is 14.5 Å². The highest BCUT2D eigenvalue weighted by Crippen LogP contribution is 2.23. The van der Waals surface area contributed by atoms with Crippen molar-refractivity contribution < 1.29 is 14.6 Å². The van der Waals surface area contributed by atoms with Gasteiger partial charge in [0.15, 0.2) is 0 Å². The number of amides is 1. The summed E-state index contributed by atoms with van der Waals surface area (Å²) in [7, 11) is 0. The Kier molecular flexibility index (Phi) is 5.58. The van der Waals surface area contributed by atoms with Crippen LogP contribution in [0.1, 0.15) is 24.2 Å². The molecule has 1 atom stereocenters. The second kappa shape index (κ2) is 8.44. The van der Waals surface area contributed by atoms with E-state index in [0.717, 1.165) is 42.5 Å². The lowest BCUT2D eigenvalue weighted by molar-refractivity contribution is 0.0767. The van der Waals surface area contributed by atoms with Gasteiger partial charge in [0.2, 0.25) is 0 Å². The Morgan fingerprint density at radius 3 is 2.75 bits per heavy atom. The summed E-state index contributed by atoms with van der Waals surface area (Å²) in [5.41, 5.74) is 2.90. The maximum Gasteiger partial charge on any atom is 0.410 e. The number of likely N-dealkylation sites (tertiary alicyclic amines) is 1. The minimum absolute atomic E-state index is 0.0930. The lowest BCUT2D eigenvalue weighted by Gasteiger charge is -2.32. The van der Waals surface area contributed by atoms with Crippen molar-refractivity contribution in [1.29, 1.82) is 0 Å². The number of aliphatic hydroxyl groups excluding tert-OH is 1. The van der Waals surface area contributed by atoms with E-state index in [-0.39, 0.29) is 12.7 Å². The van der Waals surface area contributed by atoms with Crippen LogP contribution in [-0.4, -0.2) is 38.7 Å². The number of aliphatic hydroxyl groups is 1. The molecule has 0 bridgehead atoms. The smallest absolute Gasteiger partial charge is 0.410 e. The molecule has 0 radical (unpaired) electrons. The van der Waals surface area contributed by atoms with E-state index in [1.165, 1.54) is 0 Å². The standard InChI is InChI=1S/C22H25N3O3/c26-15-21-23-19-10-4-5-11-20(19)25(21)14-18-9-6-12-24(13-18)22(27)28-16-17-7-2-1-3-8-17/h1-5,7-8,10-11,18,26H,6,9,12-16H2/t18-/m0/s1. The molecule has 1 N–H and O–H groups in total. The lowest BCUT2D eigenvalue weighted by Crippen LogP contribution is -2.41. The summed E-state index contributed by atoms with van der Waals surface area (Å²) >= 11 is 0. The molecule has 0 unspecified atom stereocenters. The summed E-state index contributed by atoms with van der Waals surface area (Å²) in [4.78, 5) is 18.8. The van der Waals surface area contributed by atoms with Gasteiger partial charge < -0.3 is 19.3 Å². The van der Waals surface area contributed by atoms with E-state index in [0.29, 0.717) is 24.9 Å². The van der Waals surface area contributed by atoms with Gasteiger partial charge in [-0.25, -0.2) is 9.78 Å². The molecule has 6 heteroatoms. The lowest BCUT2D eigenvalue weighted by atomic mass is 9.98. The van der Waals surface area contributed by atoms with Crippen LogP contribution in [0, 0.1) is 5.92 Å². The number of para-hydroxylation sites is 2. The summed E-state index contributed by atoms with van der Waals surface area (Å²) < 4.78 is 7.58. The molecule has 1 saturated heterocycles. The summed E-state index contributed by atoms with van der Waals surface area (Å²) in [6, 6.07) is 17.6. The molecule has 3 aromatic rings. The van der Waals surface area contributed by atoms with E-state index >= 15 is 0 Å². The molecule has 1 fully saturated rings. The van der Waals surface area contributed by atoms with Crippen LogP contribution < -0.4 is 0 Å². The summed E-state index contributed by atoms with van der Waals surface area (Å²) in [6.45, 7) is 2.32. The van der Waals surface area contributed by atoms with Crippen LogP contribution in [0.25, 0.3) is 11.0 Å². The fraction of sp³-hybridized carbons (Fsp3) is 0.364. The first kappa shape index (κ1) is 18.5. The van der Waals surface area contributed by atoms with Gasteiger partial charge in [-0.2, -0.15) is 0 Å². The van der Waals surface area contributed by atoms with Crippen LogP contribution in [0.3, 0.4) is 0 Å². The van der Waals surface area contributed by atoms with Crippen molar-refractivity contribution in [3.05, 3.63) is 66.0 Å². The van der Waals surface area contributed by atoms with Gasteiger partial charge in [0.1, 0.15) is 19.0 Å². The normalized spacial score (nSPS) is 17.0. The van der Waals surface area contributed by atoms with Crippen LogP contribution >= 0.6 is 0 Å². The molecule has 1 aromatic heterocycles. The largest absolute Gasteiger partial charge is 0.445 e. The number of nitrogens with zero attached hydrogens (tertiary/aromatic N) is 3. The summed E-state index contributed by atoms with van der Waals surface area (Å²) in [6.07, 6.45) is 1.73. The molecule has 146 valence electrons. The number of fused-ring (bicyclic) bond motifs is 1. The van der Waals surface area contributed by atoms with Crippen molar-refractivity contribution in [2.45, 2.75) is 32.6 Å². The number of aromatic nitrogens is 2. The summed E-state index contributed by atoms with van der Waals surface area (Å²) in [5, 5.41) is 9.70. The number of rotatable bonds is 5. The quantitative estimate of drug-likeness (QED) is 0.736. The molecule has 28 heavy (non-hydrogen) atoms. The van der Waals surface area contributed by atoms with Crippen LogP contribution in [0.5, 0.6) is 0 Å². The molecule has 2 aromatic carbocycles. The predicted octanol–water partition coefficient (Wildman–Crippen LogP) is 3.58. The molecule has 1 amide bonds. The Bertz CT molecular complexity index is 939. The SMILES string of the molecule is O=C(OCc1ccccc1)N1CCC[C@H](Cn2c(CO)nc3ccccc32)C1. The first-order chi connectivity index (χ1) is 13.7. The zero-order chi connectivity index (χ0) is 19.3. The Morgan fingerprint density at radius 2 is 1.93 bits per heavy atom. The maximum atomic E-state index is 12.5. The van der Waals surface area contributed by atoms with Gasteiger partial charge in [-0.05, 0) is 36.5 Å². The Balaban J connectivity index is 1.41. The number of carbonyl (C=O) groups is 1. The van der Waals surface area contributed by atoms with E-state index in [1.807, 2.05) is 54.6 Å². The van der Waals surface area contributed by atoms with Gasteiger partial charge >= 0.3 is 6.09 Å². The second-order valence-corrected chi connectivity index (χ2v) is 7.28. The molecule has 1 aliphatic heterocycles. The third kappa shape index (κ3) is 4.02. The average molecular weight is 379 g/mol. The van der Waals surface area contributed by atoms with Gasteiger partial charge in [0, 0.05) is 19.6 Å². The van der Waals surface area contributed by atoms with Crippen LogP contribution in [-0.2, 0) is 24.5 Å². The number of hydrogen-bond acceptors (Lipinski definition) is 4. The number of hydrogen-bond donors (Lipinski definition) is 1. The number of carbonyl (C=O) groups excluding carboxylic acids is 1. The van der Waals surface area contributed by atoms with Crippen LogP contribution in [0.2, 0.25) is 0 Å². The van der Waals surface area contributed by atoms with Gasteiger partial charge in [0.25, 0.3) is 0 Å². The van der Waals surface area contributed by atoms with Gasteiger partial charge in [-0.3, -0.25) is 0 Å². The first-order valence-corrected chi connectivity index (χ1v) is 9.75. The average Bonchev–Trinajstić information content (AvgIpc) is 3.10. The summed E-state index contributed by atoms with van der Waals surface area (Å²) in [5.74, 6) is 0.978. The molecule has 0 saturated carbocycles. The maximum absolute atomic E-state index is 12.5. The van der Waals surface area contributed by atoms with E-state index in [1.54, 1.807) is 4.90 Å². The number of piperidine rings is 1. The van der Waals surface area contributed by atoms with Crippen molar-refractivity contribution in [3.8, 4) is 0 Å². The number of ether oxygens (including phenoxy) is 1. The van der Waals surface area contributed by atoms with E-state index in [2.05, 4.69) is 9.55 Å². The zero-order valence-corrected chi connectivity index (χ0v) is 15.8. The molecule has 6 nitrogen and oxygen atoms in total. The van der Waals surface area contributed by atoms with E-state index < -0.39 is 0 Å². The Hall–Kier alpha value is -2.86. The molecular weight excluding hydrogens is 354 g/mol. The van der Waals surface area contributed by atoms with Crippen molar-refractivity contribution >= 4 is 17.1 Å². The highest BCUT2D eigenvalue weighted by atomic mass is 16.6. The van der Waals surface area contributed by atoms with Gasteiger partial charge in [0.05, 0.1) is 11.0 Å². The minimum atomic E-state index is -0.258. The van der Waals surface area contributed by atoms with Gasteiger partial charge in [-0.15, -0.1) is 0 Å². The zero-order valence-electron chi connectivity index (χ0n) is 15.8. The fourth-order valence-corrected chi connectivity index (χ4v) is 3.90. The number of benzene rings is 2. The Labute approximate surface area is 164 Å². The highest BCUT2D eigenvalue weighted by molar-refractivity contribution is 5.75. The van der Waals surface area contributed by atoms with E-state index in [4.69, 9.17) is 4.74 Å². The molecular formula is C22H25N3O3. The molecule has 0 spiro atoms. The molecule has 1 aliphatic rings. The van der Waals surface area contributed by atoms with Crippen LogP contribution in [0.15, 0.2) is 54.6 Å². The third-order valence-corrected chi connectivity index (χ3v) is 5.30. The van der Waals surface area contributed by atoms with Crippen molar-refractivity contribution in [3.63, 3.8) is 0 Å². The van der Waals surface area contributed by atoms with Gasteiger partial charge in [-0.1, -0.05) is 42.5 Å². The minimum Gasteiger partial charge on any atom is -0.445 e. The molecule has 0 aliphatic carbocycles. The Morgan fingerprint density at radius 1 is 1.14 bits per heavy atom. The number of imidazole rings is 1. The topological polar surface area (TPSA) is 67.6 Å².